The van der Waals surface area contributed by atoms with Crippen LogP contribution in [0.15, 0.2) is 30.9 Å². The van der Waals surface area contributed by atoms with E-state index in [0.29, 0.717) is 53.5 Å². The summed E-state index contributed by atoms with van der Waals surface area (Å²) in [6.45, 7) is 1.76. The number of hydrogen-bond donors (Lipinski definition) is 2. The molecule has 0 aromatic carbocycles. The lowest BCUT2D eigenvalue weighted by Crippen LogP contribution is -2.36. The number of nitrogens with one attached hydrogen (secondary N) is 2. The second-order valence-electron chi connectivity index (χ2n) is 8.40. The number of likely N-dealkylation sites (N-methyl/N-ethyl adjacent to an activating group) is 1. The van der Waals surface area contributed by atoms with Gasteiger partial charge in [-0.05, 0) is 25.8 Å². The standard InChI is InChI=1S/C22H27FN8O2/c1-14(27-19-8-18(24-2)25-12-26-19)16-10-30-9-15(22(23)5-6-22)7-17(21(30)28-16)31(13-32)11-20(33)29(3)4/h7-10,12-14H,5-6,11H2,1-4H3,(H2,24,25,26,27)/t14-/m1/s1. The molecule has 0 unspecified atom stereocenters. The molecule has 0 aliphatic heterocycles. The van der Waals surface area contributed by atoms with Gasteiger partial charge in [0.15, 0.2) is 5.65 Å². The molecule has 3 heterocycles. The molecule has 10 nitrogen and oxygen atoms in total. The van der Waals surface area contributed by atoms with Crippen molar-refractivity contribution in [2.45, 2.75) is 31.5 Å². The maximum absolute atomic E-state index is 15.0. The lowest BCUT2D eigenvalue weighted by Gasteiger charge is -2.21. The average Bonchev–Trinajstić information content (AvgIpc) is 3.40. The number of imidazole rings is 1. The Kier molecular flexibility index (Phi) is 5.88. The van der Waals surface area contributed by atoms with Crippen molar-refractivity contribution >= 4 is 35.3 Å². The summed E-state index contributed by atoms with van der Waals surface area (Å²) in [4.78, 5) is 39.9. The van der Waals surface area contributed by atoms with Crippen molar-refractivity contribution < 1.29 is 14.0 Å². The van der Waals surface area contributed by atoms with Gasteiger partial charge in [-0.25, -0.2) is 19.3 Å². The first-order valence-electron chi connectivity index (χ1n) is 10.6. The van der Waals surface area contributed by atoms with Gasteiger partial charge in [-0.15, -0.1) is 0 Å². The first kappa shape index (κ1) is 22.4. The molecule has 1 aliphatic carbocycles. The molecule has 4 rings (SSSR count). The molecule has 0 spiro atoms. The predicted octanol–water partition coefficient (Wildman–Crippen LogP) is 2.35. The highest BCUT2D eigenvalue weighted by atomic mass is 19.1. The quantitative estimate of drug-likeness (QED) is 0.478. The van der Waals surface area contributed by atoms with Gasteiger partial charge in [-0.2, -0.15) is 0 Å². The molecule has 11 heteroatoms. The van der Waals surface area contributed by atoms with E-state index in [0.717, 1.165) is 0 Å². The molecule has 1 atom stereocenters. The van der Waals surface area contributed by atoms with Crippen molar-refractivity contribution in [2.24, 2.45) is 0 Å². The van der Waals surface area contributed by atoms with Crippen LogP contribution in [0.3, 0.4) is 0 Å². The molecule has 3 aromatic rings. The number of aromatic nitrogens is 4. The number of carbonyl (C=O) groups excluding carboxylic acids is 2. The molecule has 33 heavy (non-hydrogen) atoms. The Morgan fingerprint density at radius 2 is 2.00 bits per heavy atom. The summed E-state index contributed by atoms with van der Waals surface area (Å²) in [5.41, 5.74) is 0.574. The molecule has 1 aliphatic rings. The van der Waals surface area contributed by atoms with E-state index in [1.165, 1.54) is 16.1 Å². The fourth-order valence-corrected chi connectivity index (χ4v) is 3.50. The van der Waals surface area contributed by atoms with E-state index < -0.39 is 5.67 Å². The summed E-state index contributed by atoms with van der Waals surface area (Å²) < 4.78 is 16.7. The zero-order valence-electron chi connectivity index (χ0n) is 19.0. The van der Waals surface area contributed by atoms with Crippen LogP contribution in [-0.4, -0.2) is 64.3 Å². The minimum atomic E-state index is -1.41. The third-order valence-corrected chi connectivity index (χ3v) is 5.73. The lowest BCUT2D eigenvalue weighted by atomic mass is 10.1. The highest BCUT2D eigenvalue weighted by molar-refractivity contribution is 5.92. The Morgan fingerprint density at radius 3 is 2.64 bits per heavy atom. The number of halogens is 1. The first-order valence-corrected chi connectivity index (χ1v) is 10.6. The minimum absolute atomic E-state index is 0.168. The van der Waals surface area contributed by atoms with Gasteiger partial charge in [0, 0.05) is 45.2 Å². The van der Waals surface area contributed by atoms with Gasteiger partial charge in [0.05, 0.1) is 17.4 Å². The van der Waals surface area contributed by atoms with Gasteiger partial charge >= 0.3 is 0 Å². The van der Waals surface area contributed by atoms with Crippen LogP contribution < -0.4 is 15.5 Å². The van der Waals surface area contributed by atoms with E-state index in [1.807, 2.05) is 6.92 Å². The van der Waals surface area contributed by atoms with Gasteiger partial charge in [-0.1, -0.05) is 0 Å². The zero-order chi connectivity index (χ0) is 23.8. The number of hydrogen-bond acceptors (Lipinski definition) is 7. The maximum Gasteiger partial charge on any atom is 0.242 e. The van der Waals surface area contributed by atoms with Gasteiger partial charge in [0.2, 0.25) is 12.3 Å². The van der Waals surface area contributed by atoms with E-state index in [1.54, 1.807) is 50.1 Å². The second-order valence-corrected chi connectivity index (χ2v) is 8.40. The lowest BCUT2D eigenvalue weighted by molar-refractivity contribution is -0.128. The molecule has 1 fully saturated rings. The minimum Gasteiger partial charge on any atom is -0.373 e. The van der Waals surface area contributed by atoms with E-state index in [9.17, 15) is 14.0 Å². The SMILES string of the molecule is CNc1cc(N[C@H](C)c2cn3cc(C4(F)CC4)cc(N(C=O)CC(=O)N(C)C)c3n2)ncn1. The largest absolute Gasteiger partial charge is 0.373 e. The number of alkyl halides is 1. The van der Waals surface area contributed by atoms with Crippen LogP contribution in [-0.2, 0) is 15.3 Å². The third-order valence-electron chi connectivity index (χ3n) is 5.73. The van der Waals surface area contributed by atoms with Gasteiger partial charge in [0.25, 0.3) is 0 Å². The summed E-state index contributed by atoms with van der Waals surface area (Å²) in [5, 5.41) is 6.24. The van der Waals surface area contributed by atoms with Gasteiger partial charge in [0.1, 0.15) is 30.2 Å². The number of anilines is 3. The smallest absolute Gasteiger partial charge is 0.242 e. The summed E-state index contributed by atoms with van der Waals surface area (Å²) in [6, 6.07) is 3.16. The summed E-state index contributed by atoms with van der Waals surface area (Å²) in [7, 11) is 5.01. The highest BCUT2D eigenvalue weighted by Crippen LogP contribution is 2.50. The predicted molar refractivity (Wildman–Crippen MR) is 123 cm³/mol. The van der Waals surface area contributed by atoms with Crippen LogP contribution in [0.25, 0.3) is 5.65 Å². The molecule has 0 bridgehead atoms. The molecule has 0 saturated heterocycles. The number of pyridine rings is 1. The highest BCUT2D eigenvalue weighted by Gasteiger charge is 2.45. The molecule has 0 radical (unpaired) electrons. The Hall–Kier alpha value is -3.76. The van der Waals surface area contributed by atoms with Crippen molar-refractivity contribution in [1.82, 2.24) is 24.3 Å². The monoisotopic (exact) mass is 454 g/mol. The number of fused-ring (bicyclic) bond motifs is 1. The summed E-state index contributed by atoms with van der Waals surface area (Å²) in [6.07, 6.45) is 6.38. The van der Waals surface area contributed by atoms with Crippen LogP contribution in [0.2, 0.25) is 0 Å². The van der Waals surface area contributed by atoms with Crippen molar-refractivity contribution in [3.8, 4) is 0 Å². The van der Waals surface area contributed by atoms with Crippen molar-refractivity contribution in [3.63, 3.8) is 0 Å². The van der Waals surface area contributed by atoms with Crippen molar-refractivity contribution in [2.75, 3.05) is 43.2 Å². The van der Waals surface area contributed by atoms with Crippen molar-refractivity contribution in [1.29, 1.82) is 0 Å². The van der Waals surface area contributed by atoms with E-state index in [4.69, 9.17) is 4.98 Å². The van der Waals surface area contributed by atoms with E-state index in [2.05, 4.69) is 20.6 Å². The van der Waals surface area contributed by atoms with Gasteiger partial charge in [-0.3, -0.25) is 9.59 Å². The Bertz CT molecular complexity index is 1190. The molecule has 2 N–H and O–H groups in total. The zero-order valence-corrected chi connectivity index (χ0v) is 19.0. The van der Waals surface area contributed by atoms with E-state index >= 15 is 0 Å². The molecule has 1 saturated carbocycles. The third kappa shape index (κ3) is 4.57. The number of carbonyl (C=O) groups is 2. The normalized spacial score (nSPS) is 15.1. The number of rotatable bonds is 9. The van der Waals surface area contributed by atoms with E-state index in [-0.39, 0.29) is 18.5 Å². The van der Waals surface area contributed by atoms with Crippen LogP contribution in [0.5, 0.6) is 0 Å². The Labute approximate surface area is 190 Å². The number of amides is 2. The van der Waals surface area contributed by atoms with Crippen molar-refractivity contribution in [3.05, 3.63) is 42.1 Å². The molecular weight excluding hydrogens is 427 g/mol. The molecule has 2 amide bonds. The average molecular weight is 455 g/mol. The number of nitrogens with zero attached hydrogens (tertiary/aromatic N) is 6. The van der Waals surface area contributed by atoms with Crippen LogP contribution >= 0.6 is 0 Å². The molecular formula is C22H27FN8O2. The Balaban J connectivity index is 1.72. The summed E-state index contributed by atoms with van der Waals surface area (Å²) >= 11 is 0. The topological polar surface area (TPSA) is 108 Å². The molecule has 174 valence electrons. The first-order chi connectivity index (χ1) is 15.7. The maximum atomic E-state index is 15.0. The fraction of sp³-hybridized carbons (Fsp3) is 0.409. The van der Waals surface area contributed by atoms with Crippen LogP contribution in [0.4, 0.5) is 21.7 Å². The van der Waals surface area contributed by atoms with Crippen LogP contribution in [0.1, 0.15) is 37.1 Å². The molecule has 3 aromatic heterocycles. The Morgan fingerprint density at radius 1 is 1.27 bits per heavy atom. The summed E-state index contributed by atoms with van der Waals surface area (Å²) in [5.74, 6) is 1.04. The van der Waals surface area contributed by atoms with Gasteiger partial charge < -0.3 is 24.8 Å². The fourth-order valence-electron chi connectivity index (χ4n) is 3.50. The second kappa shape index (κ2) is 8.64. The van der Waals surface area contributed by atoms with Crippen LogP contribution in [0, 0.1) is 0 Å².